The number of carbonyl (C=O) groups is 1. The Bertz CT molecular complexity index is 1170. The van der Waals surface area contributed by atoms with Crippen LogP contribution in [0.1, 0.15) is 27.9 Å². The third-order valence-electron chi connectivity index (χ3n) is 5.70. The summed E-state index contributed by atoms with van der Waals surface area (Å²) in [5, 5.41) is 21.5. The van der Waals surface area contributed by atoms with Crippen LogP contribution in [0.3, 0.4) is 0 Å². The van der Waals surface area contributed by atoms with E-state index >= 15 is 0 Å². The number of carbonyl (C=O) groups excluding carboxylic acids is 1. The number of aliphatic hydroxyl groups is 1. The maximum atomic E-state index is 12.4. The number of amides is 1. The van der Waals surface area contributed by atoms with E-state index in [1.165, 1.54) is 0 Å². The van der Waals surface area contributed by atoms with E-state index in [0.29, 0.717) is 89.0 Å². The molecular formula is C28H40N8O5. The van der Waals surface area contributed by atoms with Gasteiger partial charge in [-0.2, -0.15) is 15.0 Å². The molecular weight excluding hydrogens is 528 g/mol. The summed E-state index contributed by atoms with van der Waals surface area (Å²) in [5.74, 6) is 1.81. The summed E-state index contributed by atoms with van der Waals surface area (Å²) >= 11 is 0. The van der Waals surface area contributed by atoms with Gasteiger partial charge in [-0.1, -0.05) is 24.3 Å². The van der Waals surface area contributed by atoms with Gasteiger partial charge in [0, 0.05) is 44.9 Å². The van der Waals surface area contributed by atoms with Gasteiger partial charge in [-0.05, 0) is 41.8 Å². The smallest absolute Gasteiger partial charge is 0.251 e. The molecule has 0 saturated heterocycles. The molecule has 0 radical (unpaired) electrons. The van der Waals surface area contributed by atoms with Crippen molar-refractivity contribution >= 4 is 23.8 Å². The molecule has 3 aromatic rings. The van der Waals surface area contributed by atoms with Crippen molar-refractivity contribution in [1.29, 1.82) is 0 Å². The minimum absolute atomic E-state index is 0.0681. The zero-order valence-electron chi connectivity index (χ0n) is 23.4. The van der Waals surface area contributed by atoms with Gasteiger partial charge < -0.3 is 46.3 Å². The van der Waals surface area contributed by atoms with E-state index in [4.69, 9.17) is 25.1 Å². The molecule has 0 aliphatic carbocycles. The fraction of sp³-hybridized carbons (Fsp3) is 0.429. The summed E-state index contributed by atoms with van der Waals surface area (Å²) in [5.41, 5.74) is 7.90. The monoisotopic (exact) mass is 568 g/mol. The number of ether oxygens (including phenoxy) is 3. The number of nitrogens with two attached hydrogens (primary N) is 1. The molecule has 0 aliphatic rings. The second-order valence-corrected chi connectivity index (χ2v) is 8.83. The van der Waals surface area contributed by atoms with Gasteiger partial charge in [0.05, 0.1) is 33.5 Å². The van der Waals surface area contributed by atoms with Crippen LogP contribution >= 0.6 is 0 Å². The van der Waals surface area contributed by atoms with E-state index in [9.17, 15) is 4.79 Å². The molecule has 3 rings (SSSR count). The largest absolute Gasteiger partial charge is 0.497 e. The third-order valence-corrected chi connectivity index (χ3v) is 5.70. The molecule has 1 aromatic heterocycles. The van der Waals surface area contributed by atoms with Gasteiger partial charge in [0.2, 0.25) is 17.8 Å². The minimum Gasteiger partial charge on any atom is -0.497 e. The maximum Gasteiger partial charge on any atom is 0.251 e. The Kier molecular flexibility index (Phi) is 14.1. The SMILES string of the molecule is COc1ccc(CNc2nc(NCCCO)nc(NCc3ccc(C(=O)NCCOCCOCCN)cc3)n2)cc1. The molecule has 13 nitrogen and oxygen atoms in total. The number of aromatic nitrogens is 3. The fourth-order valence-corrected chi connectivity index (χ4v) is 3.52. The van der Waals surface area contributed by atoms with Crippen LogP contribution in [0.15, 0.2) is 48.5 Å². The highest BCUT2D eigenvalue weighted by molar-refractivity contribution is 5.94. The average molecular weight is 569 g/mol. The first-order valence-electron chi connectivity index (χ1n) is 13.6. The molecule has 13 heteroatoms. The quantitative estimate of drug-likeness (QED) is 0.109. The highest BCUT2D eigenvalue weighted by atomic mass is 16.5. The molecule has 222 valence electrons. The number of hydrogen-bond donors (Lipinski definition) is 6. The van der Waals surface area contributed by atoms with Crippen molar-refractivity contribution in [3.8, 4) is 5.75 Å². The Morgan fingerprint density at radius 3 is 1.90 bits per heavy atom. The molecule has 1 amide bonds. The number of rotatable bonds is 20. The van der Waals surface area contributed by atoms with Crippen molar-refractivity contribution in [2.75, 3.05) is 75.7 Å². The number of aliphatic hydroxyl groups excluding tert-OH is 1. The van der Waals surface area contributed by atoms with Crippen molar-refractivity contribution in [1.82, 2.24) is 20.3 Å². The van der Waals surface area contributed by atoms with Gasteiger partial charge in [0.25, 0.3) is 5.91 Å². The van der Waals surface area contributed by atoms with Gasteiger partial charge in [-0.3, -0.25) is 4.79 Å². The molecule has 7 N–H and O–H groups in total. The summed E-state index contributed by atoms with van der Waals surface area (Å²) in [4.78, 5) is 25.8. The lowest BCUT2D eigenvalue weighted by atomic mass is 10.1. The van der Waals surface area contributed by atoms with Crippen LogP contribution in [0, 0.1) is 0 Å². The van der Waals surface area contributed by atoms with E-state index < -0.39 is 0 Å². The van der Waals surface area contributed by atoms with Gasteiger partial charge in [0.15, 0.2) is 0 Å². The first-order valence-corrected chi connectivity index (χ1v) is 13.6. The lowest BCUT2D eigenvalue weighted by molar-refractivity contribution is 0.0511. The van der Waals surface area contributed by atoms with Crippen molar-refractivity contribution in [2.45, 2.75) is 19.5 Å². The first-order chi connectivity index (χ1) is 20.1. The average Bonchev–Trinajstić information content (AvgIpc) is 3.01. The van der Waals surface area contributed by atoms with E-state index in [1.807, 2.05) is 36.4 Å². The van der Waals surface area contributed by atoms with Crippen LogP contribution in [-0.2, 0) is 22.6 Å². The van der Waals surface area contributed by atoms with Gasteiger partial charge >= 0.3 is 0 Å². The molecule has 0 fully saturated rings. The van der Waals surface area contributed by atoms with E-state index in [-0.39, 0.29) is 12.5 Å². The molecule has 0 atom stereocenters. The zero-order valence-corrected chi connectivity index (χ0v) is 23.4. The zero-order chi connectivity index (χ0) is 29.1. The van der Waals surface area contributed by atoms with Crippen LogP contribution < -0.4 is 31.7 Å². The van der Waals surface area contributed by atoms with Crippen molar-refractivity contribution in [3.05, 3.63) is 65.2 Å². The van der Waals surface area contributed by atoms with Gasteiger partial charge in [0.1, 0.15) is 5.75 Å². The molecule has 0 bridgehead atoms. The van der Waals surface area contributed by atoms with E-state index in [0.717, 1.165) is 16.9 Å². The Balaban J connectivity index is 1.51. The number of benzene rings is 2. The molecule has 0 unspecified atom stereocenters. The van der Waals surface area contributed by atoms with E-state index in [2.05, 4.69) is 36.2 Å². The molecule has 0 aliphatic heterocycles. The number of hydrogen-bond acceptors (Lipinski definition) is 12. The lowest BCUT2D eigenvalue weighted by Gasteiger charge is -2.12. The predicted molar refractivity (Wildman–Crippen MR) is 157 cm³/mol. The Morgan fingerprint density at radius 1 is 0.780 bits per heavy atom. The number of nitrogens with one attached hydrogen (secondary N) is 4. The normalized spacial score (nSPS) is 10.7. The summed E-state index contributed by atoms with van der Waals surface area (Å²) in [6, 6.07) is 15.0. The van der Waals surface area contributed by atoms with E-state index in [1.54, 1.807) is 19.2 Å². The van der Waals surface area contributed by atoms with Crippen LogP contribution in [0.25, 0.3) is 0 Å². The standard InChI is InChI=1S/C28H40N8O5/c1-39-24-9-5-22(6-10-24)20-33-28-35-26(31-12-2-14-37)34-27(36-28)32-19-21-3-7-23(8-4-21)25(38)30-13-16-41-18-17-40-15-11-29/h3-10,37H,2,11-20,29H2,1H3,(H,30,38)(H3,31,32,33,34,35,36). The second kappa shape index (κ2) is 18.3. The maximum absolute atomic E-state index is 12.4. The second-order valence-electron chi connectivity index (χ2n) is 8.83. The van der Waals surface area contributed by atoms with Crippen molar-refractivity contribution in [3.63, 3.8) is 0 Å². The number of methoxy groups -OCH3 is 1. The molecule has 0 saturated carbocycles. The molecule has 0 spiro atoms. The van der Waals surface area contributed by atoms with Crippen LogP contribution in [0.5, 0.6) is 5.75 Å². The van der Waals surface area contributed by atoms with Crippen LogP contribution in [-0.4, -0.2) is 85.7 Å². The Hall–Kier alpha value is -4.04. The lowest BCUT2D eigenvalue weighted by Crippen LogP contribution is -2.27. The highest BCUT2D eigenvalue weighted by Crippen LogP contribution is 2.15. The topological polar surface area (TPSA) is 178 Å². The Labute approximate surface area is 240 Å². The molecule has 2 aromatic carbocycles. The predicted octanol–water partition coefficient (Wildman–Crippen LogP) is 1.62. The van der Waals surface area contributed by atoms with Crippen molar-refractivity contribution < 1.29 is 24.1 Å². The first kappa shape index (κ1) is 31.5. The third kappa shape index (κ3) is 11.9. The number of anilines is 3. The van der Waals surface area contributed by atoms with Gasteiger partial charge in [-0.15, -0.1) is 0 Å². The van der Waals surface area contributed by atoms with Gasteiger partial charge in [-0.25, -0.2) is 0 Å². The summed E-state index contributed by atoms with van der Waals surface area (Å²) < 4.78 is 15.9. The van der Waals surface area contributed by atoms with Crippen LogP contribution in [0.2, 0.25) is 0 Å². The fourth-order valence-electron chi connectivity index (χ4n) is 3.52. The molecule has 1 heterocycles. The van der Waals surface area contributed by atoms with Crippen molar-refractivity contribution in [2.24, 2.45) is 5.73 Å². The van der Waals surface area contributed by atoms with Crippen LogP contribution in [0.4, 0.5) is 17.8 Å². The number of nitrogens with zero attached hydrogens (tertiary/aromatic N) is 3. The minimum atomic E-state index is -0.170. The summed E-state index contributed by atoms with van der Waals surface area (Å²) in [6.07, 6.45) is 0.570. The summed E-state index contributed by atoms with van der Waals surface area (Å²) in [7, 11) is 1.63. The molecule has 41 heavy (non-hydrogen) atoms. The Morgan fingerprint density at radius 2 is 1.34 bits per heavy atom. The highest BCUT2D eigenvalue weighted by Gasteiger charge is 2.09. The summed E-state index contributed by atoms with van der Waals surface area (Å²) in [6.45, 7) is 4.29.